The average molecular weight is 547 g/mol. The monoisotopic (exact) mass is 546 g/mol. The molecule has 3 aromatic carbocycles. The third-order valence-corrected chi connectivity index (χ3v) is 8.27. The first-order chi connectivity index (χ1) is 19.1. The van der Waals surface area contributed by atoms with E-state index >= 15 is 4.39 Å². The van der Waals surface area contributed by atoms with Crippen LogP contribution in [0.1, 0.15) is 86.8 Å². The number of aliphatic carboxylic acids is 1. The molecule has 1 aliphatic carbocycles. The van der Waals surface area contributed by atoms with E-state index in [-0.39, 0.29) is 35.8 Å². The number of hydrogen-bond donors (Lipinski definition) is 1. The Hall–Kier alpha value is -3.38. The summed E-state index contributed by atoms with van der Waals surface area (Å²) in [4.78, 5) is 11.5. The van der Waals surface area contributed by atoms with Gasteiger partial charge in [0.1, 0.15) is 23.4 Å². The minimum atomic E-state index is -0.764. The van der Waals surface area contributed by atoms with Crippen LogP contribution in [0.2, 0.25) is 0 Å². The third kappa shape index (κ3) is 5.87. The number of carboxylic acids is 1. The maximum Gasteiger partial charge on any atom is 0.303 e. The highest BCUT2D eigenvalue weighted by molar-refractivity contribution is 5.71. The minimum absolute atomic E-state index is 0.0182. The van der Waals surface area contributed by atoms with Crippen LogP contribution in [0.4, 0.5) is 4.39 Å². The summed E-state index contributed by atoms with van der Waals surface area (Å²) in [5, 5.41) is 9.48. The van der Waals surface area contributed by atoms with Crippen molar-refractivity contribution in [2.75, 3.05) is 14.2 Å². The normalized spacial score (nSPS) is 18.4. The maximum absolute atomic E-state index is 15.1. The van der Waals surface area contributed by atoms with Crippen LogP contribution in [0.5, 0.6) is 11.5 Å². The van der Waals surface area contributed by atoms with E-state index in [0.29, 0.717) is 17.2 Å². The number of carboxylic acid groups (broad SMARTS) is 1. The maximum atomic E-state index is 15.1. The first kappa shape index (κ1) is 28.2. The van der Waals surface area contributed by atoms with Crippen molar-refractivity contribution in [3.63, 3.8) is 0 Å². The molecule has 6 heteroatoms. The van der Waals surface area contributed by atoms with Crippen LogP contribution >= 0.6 is 0 Å². The molecule has 1 aliphatic heterocycles. The quantitative estimate of drug-likeness (QED) is 0.293. The highest BCUT2D eigenvalue weighted by atomic mass is 19.1. The van der Waals surface area contributed by atoms with E-state index in [1.54, 1.807) is 26.4 Å². The first-order valence-electron chi connectivity index (χ1n) is 14.1. The topological polar surface area (TPSA) is 65.0 Å². The second-order valence-electron chi connectivity index (χ2n) is 12.2. The fourth-order valence-corrected chi connectivity index (χ4v) is 6.12. The zero-order valence-corrected chi connectivity index (χ0v) is 24.0. The predicted octanol–water partition coefficient (Wildman–Crippen LogP) is 8.27. The molecular formula is C34H39FO5. The second kappa shape index (κ2) is 11.2. The Kier molecular flexibility index (Phi) is 7.92. The Labute approximate surface area is 236 Å². The van der Waals surface area contributed by atoms with Gasteiger partial charge in [-0.25, -0.2) is 4.39 Å². The van der Waals surface area contributed by atoms with Crippen LogP contribution in [0.3, 0.4) is 0 Å². The van der Waals surface area contributed by atoms with Gasteiger partial charge in [-0.2, -0.15) is 0 Å². The molecule has 1 saturated carbocycles. The summed E-state index contributed by atoms with van der Waals surface area (Å²) in [6, 6.07) is 17.1. The minimum Gasteiger partial charge on any atom is -0.497 e. The molecule has 2 aliphatic rings. The van der Waals surface area contributed by atoms with Gasteiger partial charge in [0.05, 0.1) is 19.6 Å². The van der Waals surface area contributed by atoms with Gasteiger partial charge >= 0.3 is 5.97 Å². The molecule has 40 heavy (non-hydrogen) atoms. The van der Waals surface area contributed by atoms with Crippen molar-refractivity contribution < 1.29 is 28.5 Å². The molecule has 0 bridgehead atoms. The van der Waals surface area contributed by atoms with Crippen molar-refractivity contribution >= 4 is 5.97 Å². The number of aryl methyl sites for hydroxylation is 1. The Morgan fingerprint density at radius 2 is 1.80 bits per heavy atom. The van der Waals surface area contributed by atoms with E-state index in [4.69, 9.17) is 14.2 Å². The van der Waals surface area contributed by atoms with Crippen molar-refractivity contribution in [3.05, 3.63) is 82.7 Å². The number of carbonyl (C=O) groups is 1. The zero-order valence-electron chi connectivity index (χ0n) is 24.0. The van der Waals surface area contributed by atoms with Gasteiger partial charge in [-0.15, -0.1) is 0 Å². The Balaban J connectivity index is 1.52. The summed E-state index contributed by atoms with van der Waals surface area (Å²) >= 11 is 0. The number of methoxy groups -OCH3 is 2. The lowest BCUT2D eigenvalue weighted by atomic mass is 9.80. The van der Waals surface area contributed by atoms with Gasteiger partial charge < -0.3 is 19.3 Å². The summed E-state index contributed by atoms with van der Waals surface area (Å²) in [5.74, 6) is 0.786. The molecule has 0 radical (unpaired) electrons. The van der Waals surface area contributed by atoms with E-state index in [1.165, 1.54) is 6.07 Å². The van der Waals surface area contributed by atoms with Crippen LogP contribution in [-0.2, 0) is 16.0 Å². The van der Waals surface area contributed by atoms with Crippen molar-refractivity contribution in [1.82, 2.24) is 0 Å². The predicted molar refractivity (Wildman–Crippen MR) is 153 cm³/mol. The molecule has 1 N–H and O–H groups in total. The zero-order chi connectivity index (χ0) is 28.6. The Morgan fingerprint density at radius 1 is 1.02 bits per heavy atom. The summed E-state index contributed by atoms with van der Waals surface area (Å²) < 4.78 is 33.1. The number of halogens is 1. The molecule has 3 aromatic rings. The standard InChI is InChI=1S/C34H39FO5/c1-34(2,3)33(39-5)28-16-23(10-13-25(28)27-18-24(38-4)12-14-29(27)35)30-15-11-21-8-9-22(17-31(21)40-30)26(19-32(36)37)20-6-7-20/h8-10,12-14,16-18,20,26,30,33H,6-7,11,15,19H2,1-5H3,(H,36,37)/t26-,30?,33?/m0/s1. The van der Waals surface area contributed by atoms with Crippen molar-refractivity contribution in [2.45, 2.75) is 71.0 Å². The van der Waals surface area contributed by atoms with E-state index < -0.39 is 5.97 Å². The number of rotatable bonds is 9. The lowest BCUT2D eigenvalue weighted by Gasteiger charge is -2.33. The molecule has 1 fully saturated rings. The van der Waals surface area contributed by atoms with Gasteiger partial charge in [0, 0.05) is 12.7 Å². The highest BCUT2D eigenvalue weighted by Crippen LogP contribution is 2.47. The SMILES string of the molecule is COc1ccc(F)c(-c2ccc(C3CCc4ccc([C@@H](CC(=O)O)C5CC5)cc4O3)cc2C(OC)C(C)(C)C)c1. The third-order valence-electron chi connectivity index (χ3n) is 8.27. The molecule has 0 aromatic heterocycles. The molecular weight excluding hydrogens is 507 g/mol. The average Bonchev–Trinajstić information content (AvgIpc) is 3.76. The first-order valence-corrected chi connectivity index (χ1v) is 14.1. The fraction of sp³-hybridized carbons (Fsp3) is 0.441. The van der Waals surface area contributed by atoms with E-state index in [2.05, 4.69) is 45.0 Å². The smallest absolute Gasteiger partial charge is 0.303 e. The largest absolute Gasteiger partial charge is 0.497 e. The molecule has 0 amide bonds. The number of benzene rings is 3. The van der Waals surface area contributed by atoms with Gasteiger partial charge in [-0.1, -0.05) is 45.0 Å². The molecule has 0 saturated heterocycles. The van der Waals surface area contributed by atoms with E-state index in [9.17, 15) is 9.90 Å². The summed E-state index contributed by atoms with van der Waals surface area (Å²) in [5.41, 5.74) is 5.09. The molecule has 0 spiro atoms. The summed E-state index contributed by atoms with van der Waals surface area (Å²) in [7, 11) is 3.27. The lowest BCUT2D eigenvalue weighted by Crippen LogP contribution is -2.22. The highest BCUT2D eigenvalue weighted by Gasteiger charge is 2.35. The second-order valence-corrected chi connectivity index (χ2v) is 12.2. The van der Waals surface area contributed by atoms with Crippen LogP contribution in [0.25, 0.3) is 11.1 Å². The Morgan fingerprint density at radius 3 is 2.45 bits per heavy atom. The Bertz CT molecular complexity index is 1390. The molecule has 5 rings (SSSR count). The van der Waals surface area contributed by atoms with Gasteiger partial charge in [0.25, 0.3) is 0 Å². The summed E-state index contributed by atoms with van der Waals surface area (Å²) in [6.45, 7) is 6.34. The molecule has 2 unspecified atom stereocenters. The van der Waals surface area contributed by atoms with E-state index in [1.807, 2.05) is 12.1 Å². The van der Waals surface area contributed by atoms with E-state index in [0.717, 1.165) is 59.3 Å². The van der Waals surface area contributed by atoms with Crippen LogP contribution in [0, 0.1) is 17.2 Å². The summed E-state index contributed by atoms with van der Waals surface area (Å²) in [6.07, 6.45) is 3.51. The van der Waals surface area contributed by atoms with Crippen molar-refractivity contribution in [1.29, 1.82) is 0 Å². The van der Waals surface area contributed by atoms with Gasteiger partial charge in [0.15, 0.2) is 0 Å². The number of hydrogen-bond acceptors (Lipinski definition) is 4. The van der Waals surface area contributed by atoms with Gasteiger partial charge in [-0.05, 0) is 101 Å². The number of fused-ring (bicyclic) bond motifs is 1. The lowest BCUT2D eigenvalue weighted by molar-refractivity contribution is -0.137. The molecule has 5 nitrogen and oxygen atoms in total. The van der Waals surface area contributed by atoms with Crippen LogP contribution < -0.4 is 9.47 Å². The molecule has 3 atom stereocenters. The van der Waals surface area contributed by atoms with Gasteiger partial charge in [-0.3, -0.25) is 4.79 Å². The van der Waals surface area contributed by atoms with Crippen molar-refractivity contribution in [3.8, 4) is 22.6 Å². The van der Waals surface area contributed by atoms with Gasteiger partial charge in [0.2, 0.25) is 0 Å². The molecule has 1 heterocycles. The number of ether oxygens (including phenoxy) is 3. The van der Waals surface area contributed by atoms with Crippen LogP contribution in [-0.4, -0.2) is 25.3 Å². The fourth-order valence-electron chi connectivity index (χ4n) is 6.12. The van der Waals surface area contributed by atoms with Crippen LogP contribution in [0.15, 0.2) is 54.6 Å². The van der Waals surface area contributed by atoms with Crippen molar-refractivity contribution in [2.24, 2.45) is 11.3 Å². The molecule has 212 valence electrons.